The summed E-state index contributed by atoms with van der Waals surface area (Å²) in [5.74, 6) is 4.06. The molecule has 136 valence electrons. The number of hydrogen-bond donors (Lipinski definition) is 2. The maximum absolute atomic E-state index is 5.71. The van der Waals surface area contributed by atoms with Crippen LogP contribution < -0.4 is 10.6 Å². The van der Waals surface area contributed by atoms with E-state index in [4.69, 9.17) is 15.9 Å². The molecule has 0 amide bonds. The molecule has 0 radical (unpaired) electrons. The summed E-state index contributed by atoms with van der Waals surface area (Å²) in [7, 11) is 0. The third-order valence-electron chi connectivity index (χ3n) is 4.92. The van der Waals surface area contributed by atoms with Gasteiger partial charge in [-0.2, -0.15) is 4.98 Å². The molecule has 6 nitrogen and oxygen atoms in total. The van der Waals surface area contributed by atoms with Crippen LogP contribution in [0.25, 0.3) is 0 Å². The van der Waals surface area contributed by atoms with Gasteiger partial charge in [-0.25, -0.2) is 4.98 Å². The van der Waals surface area contributed by atoms with E-state index in [1.807, 2.05) is 0 Å². The van der Waals surface area contributed by atoms with Gasteiger partial charge in [0.15, 0.2) is 0 Å². The van der Waals surface area contributed by atoms with Gasteiger partial charge in [0.25, 0.3) is 0 Å². The Morgan fingerprint density at radius 2 is 1.88 bits per heavy atom. The van der Waals surface area contributed by atoms with Crippen LogP contribution in [0.5, 0.6) is 0 Å². The third-order valence-corrected chi connectivity index (χ3v) is 4.92. The van der Waals surface area contributed by atoms with Crippen molar-refractivity contribution >= 4 is 11.8 Å². The van der Waals surface area contributed by atoms with Gasteiger partial charge < -0.3 is 20.1 Å². The molecule has 2 heterocycles. The van der Waals surface area contributed by atoms with Crippen LogP contribution in [-0.2, 0) is 9.47 Å². The lowest BCUT2D eigenvalue weighted by Crippen LogP contribution is -2.31. The molecule has 1 saturated carbocycles. The molecule has 1 aliphatic carbocycles. The van der Waals surface area contributed by atoms with E-state index in [1.54, 1.807) is 6.20 Å². The maximum atomic E-state index is 5.71. The lowest BCUT2D eigenvalue weighted by molar-refractivity contribution is 0.0346. The van der Waals surface area contributed by atoms with Gasteiger partial charge in [-0.05, 0) is 45.4 Å². The van der Waals surface area contributed by atoms with E-state index >= 15 is 0 Å². The number of nitrogens with zero attached hydrogens (tertiary/aromatic N) is 2. The second-order valence-electron chi connectivity index (χ2n) is 6.70. The summed E-state index contributed by atoms with van der Waals surface area (Å²) >= 11 is 0. The topological polar surface area (TPSA) is 68.3 Å². The van der Waals surface area contributed by atoms with Crippen molar-refractivity contribution in [2.45, 2.75) is 63.6 Å². The van der Waals surface area contributed by atoms with Crippen LogP contribution in [0.15, 0.2) is 6.20 Å². The molecule has 0 atom stereocenters. The first-order valence-corrected chi connectivity index (χ1v) is 9.34. The van der Waals surface area contributed by atoms with Gasteiger partial charge in [-0.3, -0.25) is 0 Å². The lowest BCUT2D eigenvalue weighted by Gasteiger charge is -2.29. The highest BCUT2D eigenvalue weighted by Crippen LogP contribution is 2.24. The van der Waals surface area contributed by atoms with Gasteiger partial charge in [0.1, 0.15) is 5.82 Å². The summed E-state index contributed by atoms with van der Waals surface area (Å²) in [4.78, 5) is 9.03. The molecule has 0 spiro atoms. The summed E-state index contributed by atoms with van der Waals surface area (Å²) in [5, 5.41) is 6.93. The molecule has 3 rings (SSSR count). The molecule has 1 aromatic rings. The lowest BCUT2D eigenvalue weighted by atomic mass is 9.93. The molecule has 1 aromatic heterocycles. The highest BCUT2D eigenvalue weighted by molar-refractivity contribution is 5.55. The molecule has 2 aliphatic rings. The van der Waals surface area contributed by atoms with Crippen molar-refractivity contribution in [2.24, 2.45) is 0 Å². The van der Waals surface area contributed by atoms with Gasteiger partial charge in [-0.15, -0.1) is 6.42 Å². The molecule has 0 unspecified atom stereocenters. The van der Waals surface area contributed by atoms with E-state index < -0.39 is 0 Å². The molecule has 6 heteroatoms. The standard InChI is InChI=1S/C19H28N4O2/c1-3-14-13-20-19(22-15-5-7-17(8-6-15)25-4-2)23-18(14)21-16-9-11-24-12-10-16/h1,13,15-17H,4-12H2,2H3,(H2,20,21,22,23)/t15-,17-. The Hall–Kier alpha value is -1.84. The quantitative estimate of drug-likeness (QED) is 0.774. The fourth-order valence-corrected chi connectivity index (χ4v) is 3.49. The first kappa shape index (κ1) is 18.0. The van der Waals surface area contributed by atoms with Crippen LogP contribution in [0.3, 0.4) is 0 Å². The van der Waals surface area contributed by atoms with Crippen molar-refractivity contribution in [2.75, 3.05) is 30.5 Å². The molecule has 1 aliphatic heterocycles. The molecule has 1 saturated heterocycles. The monoisotopic (exact) mass is 344 g/mol. The molecular weight excluding hydrogens is 316 g/mol. The molecule has 0 aromatic carbocycles. The van der Waals surface area contributed by atoms with Gasteiger partial charge in [-0.1, -0.05) is 5.92 Å². The average Bonchev–Trinajstić information content (AvgIpc) is 2.65. The number of ether oxygens (including phenoxy) is 2. The summed E-state index contributed by atoms with van der Waals surface area (Å²) in [6.45, 7) is 4.41. The van der Waals surface area contributed by atoms with Crippen molar-refractivity contribution in [1.82, 2.24) is 9.97 Å². The Balaban J connectivity index is 1.60. The predicted octanol–water partition coefficient (Wildman–Crippen LogP) is 2.81. The third kappa shape index (κ3) is 5.07. The first-order valence-electron chi connectivity index (χ1n) is 9.34. The average molecular weight is 344 g/mol. The van der Waals surface area contributed by atoms with E-state index in [9.17, 15) is 0 Å². The molecular formula is C19H28N4O2. The van der Waals surface area contributed by atoms with Gasteiger partial charge in [0.2, 0.25) is 5.95 Å². The molecule has 2 fully saturated rings. The maximum Gasteiger partial charge on any atom is 0.224 e. The number of nitrogens with one attached hydrogen (secondary N) is 2. The normalized spacial score (nSPS) is 24.5. The Labute approximate surface area is 150 Å². The zero-order chi connectivity index (χ0) is 17.5. The van der Waals surface area contributed by atoms with E-state index in [0.29, 0.717) is 29.7 Å². The SMILES string of the molecule is C#Cc1cnc(N[C@H]2CC[C@H](OCC)CC2)nc1NC1CCOCC1. The van der Waals surface area contributed by atoms with E-state index in [-0.39, 0.29) is 0 Å². The van der Waals surface area contributed by atoms with E-state index in [0.717, 1.165) is 64.2 Å². The summed E-state index contributed by atoms with van der Waals surface area (Å²) < 4.78 is 11.1. The molecule has 2 N–H and O–H groups in total. The van der Waals surface area contributed by atoms with Gasteiger partial charge in [0.05, 0.1) is 17.9 Å². The number of aromatic nitrogens is 2. The van der Waals surface area contributed by atoms with Crippen molar-refractivity contribution < 1.29 is 9.47 Å². The Kier molecular flexibility index (Phi) is 6.48. The van der Waals surface area contributed by atoms with Crippen molar-refractivity contribution in [1.29, 1.82) is 0 Å². The van der Waals surface area contributed by atoms with Crippen LogP contribution in [0, 0.1) is 12.3 Å². The fraction of sp³-hybridized carbons (Fsp3) is 0.684. The zero-order valence-corrected chi connectivity index (χ0v) is 15.0. The first-order chi connectivity index (χ1) is 12.3. The van der Waals surface area contributed by atoms with E-state index in [2.05, 4.69) is 33.4 Å². The highest BCUT2D eigenvalue weighted by atomic mass is 16.5. The minimum atomic E-state index is 0.352. The van der Waals surface area contributed by atoms with Gasteiger partial charge in [0, 0.05) is 31.9 Å². The van der Waals surface area contributed by atoms with Crippen LogP contribution in [-0.4, -0.2) is 48.0 Å². The summed E-state index contributed by atoms with van der Waals surface area (Å²) in [6.07, 6.45) is 14.0. The highest BCUT2D eigenvalue weighted by Gasteiger charge is 2.22. The fourth-order valence-electron chi connectivity index (χ4n) is 3.49. The van der Waals surface area contributed by atoms with Crippen LogP contribution in [0.1, 0.15) is 51.0 Å². The Bertz CT molecular complexity index is 588. The smallest absolute Gasteiger partial charge is 0.224 e. The summed E-state index contributed by atoms with van der Waals surface area (Å²) in [5.41, 5.74) is 0.706. The number of hydrogen-bond acceptors (Lipinski definition) is 6. The number of rotatable bonds is 6. The van der Waals surface area contributed by atoms with Crippen LogP contribution in [0.2, 0.25) is 0 Å². The van der Waals surface area contributed by atoms with Crippen LogP contribution in [0.4, 0.5) is 11.8 Å². The van der Waals surface area contributed by atoms with Crippen molar-refractivity contribution in [3.05, 3.63) is 11.8 Å². The predicted molar refractivity (Wildman–Crippen MR) is 98.7 cm³/mol. The Morgan fingerprint density at radius 1 is 1.16 bits per heavy atom. The molecule has 25 heavy (non-hydrogen) atoms. The number of anilines is 2. The zero-order valence-electron chi connectivity index (χ0n) is 15.0. The van der Waals surface area contributed by atoms with Crippen molar-refractivity contribution in [3.8, 4) is 12.3 Å². The Morgan fingerprint density at radius 3 is 2.56 bits per heavy atom. The van der Waals surface area contributed by atoms with Crippen LogP contribution >= 0.6 is 0 Å². The molecule has 0 bridgehead atoms. The minimum absolute atomic E-state index is 0.352. The van der Waals surface area contributed by atoms with Crippen molar-refractivity contribution in [3.63, 3.8) is 0 Å². The largest absolute Gasteiger partial charge is 0.381 e. The second-order valence-corrected chi connectivity index (χ2v) is 6.70. The minimum Gasteiger partial charge on any atom is -0.381 e. The van der Waals surface area contributed by atoms with Gasteiger partial charge >= 0.3 is 0 Å². The number of terminal acetylenes is 1. The van der Waals surface area contributed by atoms with E-state index in [1.165, 1.54) is 0 Å². The second kappa shape index (κ2) is 9.02. The summed E-state index contributed by atoms with van der Waals surface area (Å²) in [6, 6.07) is 0.745.